The van der Waals surface area contributed by atoms with E-state index in [9.17, 15) is 8.42 Å². The van der Waals surface area contributed by atoms with Crippen LogP contribution in [0, 0.1) is 11.8 Å². The molecule has 1 aromatic rings. The Morgan fingerprint density at radius 1 is 1.63 bits per heavy atom. The standard InChI is InChI=1S/C12H17N3O2S2/c1-8(9-4-5-9)7-15-19(16,17)10-3-2-6-14-11(10)12(13)18/h2-3,6,8-9,15H,4-5,7H2,1H3,(H2,13,18). The molecule has 1 aliphatic rings. The maximum Gasteiger partial charge on any atom is 0.242 e. The van der Waals surface area contributed by atoms with Crippen molar-refractivity contribution in [3.63, 3.8) is 0 Å². The van der Waals surface area contributed by atoms with Crippen LogP contribution >= 0.6 is 12.2 Å². The molecule has 19 heavy (non-hydrogen) atoms. The van der Waals surface area contributed by atoms with Crippen LogP contribution in [0.15, 0.2) is 23.2 Å². The fourth-order valence-electron chi connectivity index (χ4n) is 1.94. The van der Waals surface area contributed by atoms with Gasteiger partial charge in [0.1, 0.15) is 15.6 Å². The number of sulfonamides is 1. The maximum atomic E-state index is 12.2. The molecular weight excluding hydrogens is 282 g/mol. The number of nitrogens with two attached hydrogens (primary N) is 1. The lowest BCUT2D eigenvalue weighted by molar-refractivity contribution is 0.491. The van der Waals surface area contributed by atoms with Gasteiger partial charge in [0.05, 0.1) is 0 Å². The Hall–Kier alpha value is -1.05. The molecule has 0 aliphatic heterocycles. The van der Waals surface area contributed by atoms with Crippen LogP contribution < -0.4 is 10.5 Å². The summed E-state index contributed by atoms with van der Waals surface area (Å²) in [5.74, 6) is 0.992. The molecule has 1 heterocycles. The topological polar surface area (TPSA) is 85.1 Å². The van der Waals surface area contributed by atoms with Crippen molar-refractivity contribution in [3.05, 3.63) is 24.0 Å². The second kappa shape index (κ2) is 5.52. The van der Waals surface area contributed by atoms with Crippen molar-refractivity contribution in [3.8, 4) is 0 Å². The zero-order valence-electron chi connectivity index (χ0n) is 10.7. The average molecular weight is 299 g/mol. The number of rotatable bonds is 6. The van der Waals surface area contributed by atoms with Crippen LogP contribution in [-0.4, -0.2) is 24.9 Å². The molecule has 0 aromatic carbocycles. The third-order valence-corrected chi connectivity index (χ3v) is 4.96. The van der Waals surface area contributed by atoms with Gasteiger partial charge < -0.3 is 5.73 Å². The number of nitrogens with zero attached hydrogens (tertiary/aromatic N) is 1. The van der Waals surface area contributed by atoms with Gasteiger partial charge in [-0.15, -0.1) is 0 Å². The van der Waals surface area contributed by atoms with Gasteiger partial charge in [-0.1, -0.05) is 19.1 Å². The van der Waals surface area contributed by atoms with Crippen molar-refractivity contribution in [2.24, 2.45) is 17.6 Å². The van der Waals surface area contributed by atoms with Crippen LogP contribution in [0.4, 0.5) is 0 Å². The van der Waals surface area contributed by atoms with Gasteiger partial charge in [0.2, 0.25) is 10.0 Å². The SMILES string of the molecule is CC(CNS(=O)(=O)c1cccnc1C(N)=S)C1CC1. The van der Waals surface area contributed by atoms with Crippen molar-refractivity contribution >= 4 is 27.2 Å². The molecule has 1 saturated carbocycles. The Labute approximate surface area is 118 Å². The predicted molar refractivity (Wildman–Crippen MR) is 77.2 cm³/mol. The minimum atomic E-state index is -3.62. The zero-order valence-corrected chi connectivity index (χ0v) is 12.3. The Bertz CT molecular complexity index is 582. The Kier molecular flexibility index (Phi) is 4.17. The second-order valence-corrected chi connectivity index (χ2v) is 7.06. The monoisotopic (exact) mass is 299 g/mol. The molecule has 0 radical (unpaired) electrons. The van der Waals surface area contributed by atoms with Gasteiger partial charge in [-0.3, -0.25) is 4.98 Å². The molecule has 0 amide bonds. The third-order valence-electron chi connectivity index (χ3n) is 3.32. The molecule has 5 nitrogen and oxygen atoms in total. The van der Waals surface area contributed by atoms with E-state index in [-0.39, 0.29) is 15.6 Å². The highest BCUT2D eigenvalue weighted by molar-refractivity contribution is 7.89. The van der Waals surface area contributed by atoms with E-state index in [0.717, 1.165) is 0 Å². The van der Waals surface area contributed by atoms with E-state index in [1.165, 1.54) is 25.1 Å². The average Bonchev–Trinajstić information content (AvgIpc) is 3.20. The zero-order chi connectivity index (χ0) is 14.0. The van der Waals surface area contributed by atoms with Gasteiger partial charge in [0.25, 0.3) is 0 Å². The van der Waals surface area contributed by atoms with Crippen LogP contribution in [0.5, 0.6) is 0 Å². The van der Waals surface area contributed by atoms with E-state index in [1.807, 2.05) is 0 Å². The minimum absolute atomic E-state index is 0.0174. The first-order valence-corrected chi connectivity index (χ1v) is 8.05. The molecule has 1 unspecified atom stereocenters. The lowest BCUT2D eigenvalue weighted by Gasteiger charge is -2.13. The fourth-order valence-corrected chi connectivity index (χ4v) is 3.48. The number of nitrogens with one attached hydrogen (secondary N) is 1. The summed E-state index contributed by atoms with van der Waals surface area (Å²) in [6.07, 6.45) is 3.85. The van der Waals surface area contributed by atoms with E-state index in [2.05, 4.69) is 16.6 Å². The molecule has 0 bridgehead atoms. The first kappa shape index (κ1) is 14.4. The first-order chi connectivity index (χ1) is 8.92. The number of hydrogen-bond donors (Lipinski definition) is 2. The summed E-state index contributed by atoms with van der Waals surface area (Å²) in [7, 11) is -3.62. The summed E-state index contributed by atoms with van der Waals surface area (Å²) in [5.41, 5.74) is 5.64. The largest absolute Gasteiger partial charge is 0.388 e. The molecule has 104 valence electrons. The number of thiocarbonyl (C=S) groups is 1. The highest BCUT2D eigenvalue weighted by Gasteiger charge is 2.29. The molecule has 2 rings (SSSR count). The Balaban J connectivity index is 2.16. The number of hydrogen-bond acceptors (Lipinski definition) is 4. The van der Waals surface area contributed by atoms with E-state index in [1.54, 1.807) is 6.07 Å². The molecule has 1 atom stereocenters. The molecule has 0 spiro atoms. The smallest absolute Gasteiger partial charge is 0.242 e. The third kappa shape index (κ3) is 3.49. The van der Waals surface area contributed by atoms with Gasteiger partial charge in [0.15, 0.2) is 0 Å². The highest BCUT2D eigenvalue weighted by Crippen LogP contribution is 2.36. The van der Waals surface area contributed by atoms with Crippen molar-refractivity contribution in [2.75, 3.05) is 6.54 Å². The molecule has 0 saturated heterocycles. The van der Waals surface area contributed by atoms with Crippen LogP contribution in [-0.2, 0) is 10.0 Å². The summed E-state index contributed by atoms with van der Waals surface area (Å²) < 4.78 is 27.1. The summed E-state index contributed by atoms with van der Waals surface area (Å²) in [6, 6.07) is 3.02. The van der Waals surface area contributed by atoms with Gasteiger partial charge in [-0.2, -0.15) is 0 Å². The van der Waals surface area contributed by atoms with Gasteiger partial charge >= 0.3 is 0 Å². The van der Waals surface area contributed by atoms with E-state index in [4.69, 9.17) is 18.0 Å². The predicted octanol–water partition coefficient (Wildman–Crippen LogP) is 1.04. The summed E-state index contributed by atoms with van der Waals surface area (Å²) in [4.78, 5) is 3.96. The van der Waals surface area contributed by atoms with E-state index >= 15 is 0 Å². The summed E-state index contributed by atoms with van der Waals surface area (Å²) in [5, 5.41) is 0. The van der Waals surface area contributed by atoms with Crippen LogP contribution in [0.25, 0.3) is 0 Å². The van der Waals surface area contributed by atoms with Crippen LogP contribution in [0.3, 0.4) is 0 Å². The molecule has 3 N–H and O–H groups in total. The quantitative estimate of drug-likeness (QED) is 0.767. The molecule has 1 aromatic heterocycles. The van der Waals surface area contributed by atoms with Crippen molar-refractivity contribution < 1.29 is 8.42 Å². The van der Waals surface area contributed by atoms with Gasteiger partial charge in [-0.25, -0.2) is 13.1 Å². The lowest BCUT2D eigenvalue weighted by atomic mass is 10.1. The second-order valence-electron chi connectivity index (χ2n) is 4.88. The maximum absolute atomic E-state index is 12.2. The van der Waals surface area contributed by atoms with Crippen molar-refractivity contribution in [2.45, 2.75) is 24.7 Å². The van der Waals surface area contributed by atoms with Crippen molar-refractivity contribution in [1.29, 1.82) is 0 Å². The molecule has 7 heteroatoms. The number of aromatic nitrogens is 1. The Morgan fingerprint density at radius 2 is 2.32 bits per heavy atom. The summed E-state index contributed by atoms with van der Waals surface area (Å²) in [6.45, 7) is 2.48. The molecule has 1 fully saturated rings. The highest BCUT2D eigenvalue weighted by atomic mass is 32.2. The Morgan fingerprint density at radius 3 is 2.89 bits per heavy atom. The lowest BCUT2D eigenvalue weighted by Crippen LogP contribution is -2.31. The van der Waals surface area contributed by atoms with Crippen LogP contribution in [0.2, 0.25) is 0 Å². The van der Waals surface area contributed by atoms with E-state index in [0.29, 0.717) is 18.4 Å². The molecule has 1 aliphatic carbocycles. The molecular formula is C12H17N3O2S2. The normalized spacial score (nSPS) is 17.1. The minimum Gasteiger partial charge on any atom is -0.388 e. The number of pyridine rings is 1. The summed E-state index contributed by atoms with van der Waals surface area (Å²) >= 11 is 4.83. The van der Waals surface area contributed by atoms with Crippen molar-refractivity contribution in [1.82, 2.24) is 9.71 Å². The van der Waals surface area contributed by atoms with Gasteiger partial charge in [0, 0.05) is 12.7 Å². The van der Waals surface area contributed by atoms with E-state index < -0.39 is 10.0 Å². The first-order valence-electron chi connectivity index (χ1n) is 6.16. The van der Waals surface area contributed by atoms with Crippen LogP contribution in [0.1, 0.15) is 25.5 Å². The fraction of sp³-hybridized carbons (Fsp3) is 0.500. The van der Waals surface area contributed by atoms with Gasteiger partial charge in [-0.05, 0) is 36.8 Å².